The fourth-order valence-electron chi connectivity index (χ4n) is 6.36. The predicted octanol–water partition coefficient (Wildman–Crippen LogP) is 5.16. The highest BCUT2D eigenvalue weighted by Gasteiger charge is 2.52. The molecule has 1 amide bonds. The Hall–Kier alpha value is -1.72. The van der Waals surface area contributed by atoms with Gasteiger partial charge in [-0.1, -0.05) is 12.1 Å². The molecule has 6 heteroatoms. The molecule has 0 unspecified atom stereocenters. The lowest BCUT2D eigenvalue weighted by Gasteiger charge is -2.57. The highest BCUT2D eigenvalue weighted by molar-refractivity contribution is 5.81. The number of carbonyl (C=O) groups excluding carboxylic acids is 1. The van der Waals surface area contributed by atoms with Gasteiger partial charge in [-0.25, -0.2) is 0 Å². The van der Waals surface area contributed by atoms with Crippen LogP contribution in [0.3, 0.4) is 0 Å². The van der Waals surface area contributed by atoms with Crippen molar-refractivity contribution in [3.63, 3.8) is 0 Å². The standard InChI is InChI=1S/C23H30F3NO2/c1-14(2)29-20-4-3-15(5-6-27-21(28)23(24,25)26)10-19(20)22-11-16-7-17(12-22)9-18(8-16)13-22/h3-4,10,14,16-18H,5-9,11-13H2,1-2H3,(H,27,28). The molecule has 0 saturated heterocycles. The van der Waals surface area contributed by atoms with E-state index in [4.69, 9.17) is 4.74 Å². The molecule has 29 heavy (non-hydrogen) atoms. The third kappa shape index (κ3) is 4.26. The summed E-state index contributed by atoms with van der Waals surface area (Å²) in [5, 5.41) is 1.98. The molecular formula is C23H30F3NO2. The minimum Gasteiger partial charge on any atom is -0.491 e. The van der Waals surface area contributed by atoms with Crippen molar-refractivity contribution in [1.29, 1.82) is 0 Å². The van der Waals surface area contributed by atoms with E-state index in [9.17, 15) is 18.0 Å². The molecule has 0 atom stereocenters. The van der Waals surface area contributed by atoms with Gasteiger partial charge in [0.25, 0.3) is 0 Å². The van der Waals surface area contributed by atoms with E-state index in [0.717, 1.165) is 29.1 Å². The van der Waals surface area contributed by atoms with Crippen LogP contribution in [-0.4, -0.2) is 24.7 Å². The molecule has 4 bridgehead atoms. The molecule has 0 aliphatic heterocycles. The number of hydrogen-bond acceptors (Lipinski definition) is 2. The summed E-state index contributed by atoms with van der Waals surface area (Å²) in [6.07, 6.45) is 3.25. The number of halogens is 3. The fourth-order valence-corrected chi connectivity index (χ4v) is 6.36. The summed E-state index contributed by atoms with van der Waals surface area (Å²) in [4.78, 5) is 11.1. The van der Waals surface area contributed by atoms with Crippen molar-refractivity contribution in [2.24, 2.45) is 17.8 Å². The van der Waals surface area contributed by atoms with Crippen molar-refractivity contribution in [3.8, 4) is 5.75 Å². The second kappa shape index (κ2) is 7.51. The van der Waals surface area contributed by atoms with Gasteiger partial charge in [-0.3, -0.25) is 4.79 Å². The molecule has 4 saturated carbocycles. The molecule has 0 spiro atoms. The van der Waals surface area contributed by atoms with Crippen LogP contribution >= 0.6 is 0 Å². The second-order valence-corrected chi connectivity index (χ2v) is 9.70. The smallest absolute Gasteiger partial charge is 0.471 e. The van der Waals surface area contributed by atoms with E-state index in [1.807, 2.05) is 31.3 Å². The second-order valence-electron chi connectivity index (χ2n) is 9.70. The van der Waals surface area contributed by atoms with Crippen LogP contribution in [0.1, 0.15) is 63.5 Å². The summed E-state index contributed by atoms with van der Waals surface area (Å²) < 4.78 is 43.4. The molecule has 1 N–H and O–H groups in total. The zero-order valence-corrected chi connectivity index (χ0v) is 17.1. The first kappa shape index (κ1) is 20.5. The van der Waals surface area contributed by atoms with Crippen LogP contribution in [0.15, 0.2) is 18.2 Å². The number of rotatable bonds is 6. The van der Waals surface area contributed by atoms with Crippen LogP contribution in [0, 0.1) is 17.8 Å². The van der Waals surface area contributed by atoms with Gasteiger partial charge in [0.15, 0.2) is 0 Å². The Morgan fingerprint density at radius 2 is 1.72 bits per heavy atom. The maximum absolute atomic E-state index is 12.4. The summed E-state index contributed by atoms with van der Waals surface area (Å²) in [7, 11) is 0. The van der Waals surface area contributed by atoms with Gasteiger partial charge in [-0.2, -0.15) is 13.2 Å². The predicted molar refractivity (Wildman–Crippen MR) is 105 cm³/mol. The van der Waals surface area contributed by atoms with Crippen LogP contribution in [0.25, 0.3) is 0 Å². The number of alkyl halides is 3. The third-order valence-electron chi connectivity index (χ3n) is 6.97. The topological polar surface area (TPSA) is 38.3 Å². The third-order valence-corrected chi connectivity index (χ3v) is 6.97. The van der Waals surface area contributed by atoms with E-state index >= 15 is 0 Å². The monoisotopic (exact) mass is 409 g/mol. The van der Waals surface area contributed by atoms with Gasteiger partial charge < -0.3 is 10.1 Å². The summed E-state index contributed by atoms with van der Waals surface area (Å²) in [6, 6.07) is 6.04. The minimum absolute atomic E-state index is 0.0248. The average Bonchev–Trinajstić information content (AvgIpc) is 2.60. The summed E-state index contributed by atoms with van der Waals surface area (Å²) >= 11 is 0. The normalized spacial score (nSPS) is 30.6. The van der Waals surface area contributed by atoms with Gasteiger partial charge in [0.05, 0.1) is 6.10 Å². The van der Waals surface area contributed by atoms with Crippen LogP contribution in [0.5, 0.6) is 5.75 Å². The van der Waals surface area contributed by atoms with E-state index in [0.29, 0.717) is 6.42 Å². The lowest BCUT2D eigenvalue weighted by atomic mass is 9.48. The quantitative estimate of drug-likeness (QED) is 0.705. The highest BCUT2D eigenvalue weighted by atomic mass is 19.4. The van der Waals surface area contributed by atoms with Crippen molar-refractivity contribution in [2.45, 2.75) is 76.5 Å². The molecule has 4 fully saturated rings. The van der Waals surface area contributed by atoms with Crippen molar-refractivity contribution in [1.82, 2.24) is 5.32 Å². The van der Waals surface area contributed by atoms with E-state index in [-0.39, 0.29) is 18.1 Å². The number of carbonyl (C=O) groups is 1. The van der Waals surface area contributed by atoms with Gasteiger partial charge in [0.2, 0.25) is 0 Å². The summed E-state index contributed by atoms with van der Waals surface area (Å²) in [5.74, 6) is 1.43. The van der Waals surface area contributed by atoms with Gasteiger partial charge >= 0.3 is 12.1 Å². The van der Waals surface area contributed by atoms with Crippen molar-refractivity contribution in [3.05, 3.63) is 29.3 Å². The molecule has 5 rings (SSSR count). The van der Waals surface area contributed by atoms with E-state index in [1.54, 1.807) is 0 Å². The number of amides is 1. The fraction of sp³-hybridized carbons (Fsp3) is 0.696. The van der Waals surface area contributed by atoms with Crippen LogP contribution in [-0.2, 0) is 16.6 Å². The van der Waals surface area contributed by atoms with Gasteiger partial charge in [0.1, 0.15) is 5.75 Å². The van der Waals surface area contributed by atoms with Crippen molar-refractivity contribution in [2.75, 3.05) is 6.54 Å². The Morgan fingerprint density at radius 1 is 1.14 bits per heavy atom. The summed E-state index contributed by atoms with van der Waals surface area (Å²) in [6.45, 7) is 4.01. The first-order valence-electron chi connectivity index (χ1n) is 10.8. The summed E-state index contributed by atoms with van der Waals surface area (Å²) in [5.41, 5.74) is 2.34. The molecule has 1 aromatic carbocycles. The number of nitrogens with one attached hydrogen (secondary N) is 1. The Bertz CT molecular complexity index is 737. The zero-order valence-electron chi connectivity index (χ0n) is 17.1. The molecule has 3 nitrogen and oxygen atoms in total. The van der Waals surface area contributed by atoms with Gasteiger partial charge in [0, 0.05) is 12.1 Å². The van der Waals surface area contributed by atoms with E-state index in [2.05, 4.69) is 6.07 Å². The average molecular weight is 409 g/mol. The van der Waals surface area contributed by atoms with Crippen molar-refractivity contribution >= 4 is 5.91 Å². The molecule has 4 aliphatic carbocycles. The molecule has 4 aliphatic rings. The molecule has 0 heterocycles. The Labute approximate surface area is 170 Å². The van der Waals surface area contributed by atoms with Gasteiger partial charge in [-0.05, 0) is 93.6 Å². The van der Waals surface area contributed by atoms with E-state index in [1.165, 1.54) is 44.1 Å². The lowest BCUT2D eigenvalue weighted by molar-refractivity contribution is -0.173. The lowest BCUT2D eigenvalue weighted by Crippen LogP contribution is -2.48. The molecule has 0 aromatic heterocycles. The molecule has 1 aromatic rings. The zero-order chi connectivity index (χ0) is 20.8. The number of benzene rings is 1. The first-order chi connectivity index (χ1) is 13.6. The first-order valence-corrected chi connectivity index (χ1v) is 10.8. The largest absolute Gasteiger partial charge is 0.491 e. The maximum Gasteiger partial charge on any atom is 0.471 e. The SMILES string of the molecule is CC(C)Oc1ccc(CCNC(=O)C(F)(F)F)cc1C12CC3CC(CC(C3)C1)C2. The van der Waals surface area contributed by atoms with Crippen molar-refractivity contribution < 1.29 is 22.7 Å². The highest BCUT2D eigenvalue weighted by Crippen LogP contribution is 2.62. The minimum atomic E-state index is -4.83. The Kier molecular flexibility index (Phi) is 5.32. The van der Waals surface area contributed by atoms with Gasteiger partial charge in [-0.15, -0.1) is 0 Å². The maximum atomic E-state index is 12.4. The van der Waals surface area contributed by atoms with Crippen LogP contribution in [0.2, 0.25) is 0 Å². The van der Waals surface area contributed by atoms with E-state index < -0.39 is 12.1 Å². The van der Waals surface area contributed by atoms with Crippen LogP contribution < -0.4 is 10.1 Å². The number of ether oxygens (including phenoxy) is 1. The van der Waals surface area contributed by atoms with Crippen LogP contribution in [0.4, 0.5) is 13.2 Å². The Morgan fingerprint density at radius 3 is 2.24 bits per heavy atom. The molecule has 0 radical (unpaired) electrons. The number of hydrogen-bond donors (Lipinski definition) is 1. The Balaban J connectivity index is 1.56. The molecule has 160 valence electrons. The molecular weight excluding hydrogens is 379 g/mol.